The van der Waals surface area contributed by atoms with Gasteiger partial charge in [-0.15, -0.1) is 0 Å². The highest BCUT2D eigenvalue weighted by Gasteiger charge is 2.51. The van der Waals surface area contributed by atoms with Crippen molar-refractivity contribution >= 4 is 47.0 Å². The molecule has 10 nitrogen and oxygen atoms in total. The first-order chi connectivity index (χ1) is 22.6. The van der Waals surface area contributed by atoms with Crippen molar-refractivity contribution in [3.63, 3.8) is 0 Å². The lowest BCUT2D eigenvalue weighted by atomic mass is 9.72. The Morgan fingerprint density at radius 3 is 2.53 bits per heavy atom. The van der Waals surface area contributed by atoms with Gasteiger partial charge in [0.2, 0.25) is 11.8 Å². The predicted molar refractivity (Wildman–Crippen MR) is 179 cm³/mol. The maximum absolute atomic E-state index is 14.5. The third kappa shape index (κ3) is 5.15. The molecule has 1 aromatic heterocycles. The van der Waals surface area contributed by atoms with Gasteiger partial charge < -0.3 is 20.9 Å². The topological polar surface area (TPSA) is 139 Å². The fraction of sp³-hybridized carbons (Fsp3) is 0.243. The first kappa shape index (κ1) is 30.0. The molecular weight excluding hydrogens is 592 g/mol. The number of carbonyl (C=O) groups excluding carboxylic acids is 4. The highest BCUT2D eigenvalue weighted by atomic mass is 16.2. The molecule has 236 valence electrons. The molecule has 47 heavy (non-hydrogen) atoms. The van der Waals surface area contributed by atoms with E-state index in [0.29, 0.717) is 46.0 Å². The van der Waals surface area contributed by atoms with Crippen LogP contribution in [0.15, 0.2) is 73.2 Å². The number of primary amides is 1. The Balaban J connectivity index is 1.25. The first-order valence-electron chi connectivity index (χ1n) is 15.6. The molecule has 0 fully saturated rings. The second kappa shape index (κ2) is 11.6. The zero-order chi connectivity index (χ0) is 32.9. The zero-order valence-electron chi connectivity index (χ0n) is 26.2. The van der Waals surface area contributed by atoms with Crippen molar-refractivity contribution in [1.82, 2.24) is 15.3 Å². The van der Waals surface area contributed by atoms with Crippen molar-refractivity contribution in [2.24, 2.45) is 11.7 Å². The van der Waals surface area contributed by atoms with Crippen LogP contribution in [0.5, 0.6) is 0 Å². The van der Waals surface area contributed by atoms with E-state index in [-0.39, 0.29) is 37.1 Å². The fourth-order valence-electron chi connectivity index (χ4n) is 7.07. The molecule has 2 heterocycles. The van der Waals surface area contributed by atoms with Crippen LogP contribution in [0, 0.1) is 12.8 Å². The summed E-state index contributed by atoms with van der Waals surface area (Å²) in [7, 11) is 0. The number of nitrogens with two attached hydrogens (primary N) is 1. The van der Waals surface area contributed by atoms with Crippen LogP contribution in [0.4, 0.5) is 11.5 Å². The van der Waals surface area contributed by atoms with Gasteiger partial charge in [0.25, 0.3) is 0 Å². The van der Waals surface area contributed by atoms with Gasteiger partial charge in [-0.05, 0) is 59.0 Å². The van der Waals surface area contributed by atoms with E-state index in [0.717, 1.165) is 16.7 Å². The molecule has 0 saturated carbocycles. The van der Waals surface area contributed by atoms with Gasteiger partial charge in [-0.3, -0.25) is 19.2 Å². The van der Waals surface area contributed by atoms with Crippen molar-refractivity contribution in [2.75, 3.05) is 29.6 Å². The Morgan fingerprint density at radius 2 is 1.77 bits per heavy atom. The minimum Gasteiger partial charge on any atom is -0.370 e. The number of rotatable bonds is 8. The Bertz CT molecular complexity index is 2090. The average Bonchev–Trinajstić information content (AvgIpc) is 3.43. The number of hydrogen-bond acceptors (Lipinski definition) is 8. The fourth-order valence-corrected chi connectivity index (χ4v) is 7.07. The number of nitrogens with one attached hydrogen (secondary N) is 1. The van der Waals surface area contributed by atoms with Crippen molar-refractivity contribution in [3.05, 3.63) is 106 Å². The molecule has 3 aromatic carbocycles. The summed E-state index contributed by atoms with van der Waals surface area (Å²) in [6.07, 6.45) is 6.96. The van der Waals surface area contributed by atoms with Gasteiger partial charge in [0.15, 0.2) is 17.4 Å². The maximum Gasteiger partial charge on any atom is 0.239 e. The minimum absolute atomic E-state index is 0.0298. The number of carbonyl (C=O) groups is 4. The third-order valence-corrected chi connectivity index (χ3v) is 9.49. The van der Waals surface area contributed by atoms with Crippen molar-refractivity contribution in [2.45, 2.75) is 32.2 Å². The first-order valence-corrected chi connectivity index (χ1v) is 15.6. The van der Waals surface area contributed by atoms with Gasteiger partial charge in [0.05, 0.1) is 19.4 Å². The Labute approximate surface area is 271 Å². The molecule has 3 aliphatic rings. The van der Waals surface area contributed by atoms with E-state index in [2.05, 4.69) is 39.6 Å². The van der Waals surface area contributed by atoms with Crippen LogP contribution in [-0.4, -0.2) is 53.1 Å². The van der Waals surface area contributed by atoms with Crippen molar-refractivity contribution in [3.8, 4) is 11.1 Å². The number of fused-ring (bicyclic) bond motifs is 6. The van der Waals surface area contributed by atoms with E-state index in [1.54, 1.807) is 24.4 Å². The number of nitrogens with zero attached hydrogens (tertiary/aromatic N) is 4. The van der Waals surface area contributed by atoms with Gasteiger partial charge in [0, 0.05) is 24.4 Å². The molecule has 2 aliphatic carbocycles. The van der Waals surface area contributed by atoms with Crippen LogP contribution < -0.4 is 31.3 Å². The van der Waals surface area contributed by atoms with Crippen molar-refractivity contribution in [1.29, 1.82) is 0 Å². The molecule has 2 atom stereocenters. The summed E-state index contributed by atoms with van der Waals surface area (Å²) in [5, 5.41) is 4.42. The molecule has 2 unspecified atom stereocenters. The molecule has 0 saturated heterocycles. The SMILES string of the molecule is Cc1ccc(CCNC(=O)CN2CN(C3(C)C(=O)C(CC(N)=O)C=c4c3ccc3c4=CC(=O)c4ccccc4-3)c3ncncc32)cc1. The second-order valence-electron chi connectivity index (χ2n) is 12.5. The molecule has 3 N–H and O–H groups in total. The smallest absolute Gasteiger partial charge is 0.239 e. The van der Waals surface area contributed by atoms with Gasteiger partial charge in [-0.1, -0.05) is 72.3 Å². The second-order valence-corrected chi connectivity index (χ2v) is 12.5. The van der Waals surface area contributed by atoms with E-state index in [9.17, 15) is 19.2 Å². The van der Waals surface area contributed by atoms with E-state index in [4.69, 9.17) is 5.73 Å². The number of aryl methyl sites for hydroxylation is 1. The number of amides is 2. The van der Waals surface area contributed by atoms with Crippen LogP contribution in [-0.2, 0) is 26.3 Å². The lowest BCUT2D eigenvalue weighted by molar-refractivity contribution is -0.129. The summed E-state index contributed by atoms with van der Waals surface area (Å²) in [4.78, 5) is 65.7. The summed E-state index contributed by atoms with van der Waals surface area (Å²) in [6, 6.07) is 19.5. The predicted octanol–water partition coefficient (Wildman–Crippen LogP) is 2.14. The molecule has 4 aromatic rings. The number of ketones is 2. The Morgan fingerprint density at radius 1 is 1.00 bits per heavy atom. The van der Waals surface area contributed by atoms with Gasteiger partial charge >= 0.3 is 0 Å². The van der Waals surface area contributed by atoms with E-state index >= 15 is 0 Å². The lowest BCUT2D eigenvalue weighted by Crippen LogP contribution is -2.59. The molecule has 0 radical (unpaired) electrons. The summed E-state index contributed by atoms with van der Waals surface area (Å²) >= 11 is 0. The van der Waals surface area contributed by atoms with E-state index in [1.165, 1.54) is 11.9 Å². The average molecular weight is 627 g/mol. The van der Waals surface area contributed by atoms with Gasteiger partial charge in [-0.25, -0.2) is 9.97 Å². The number of benzene rings is 3. The summed E-state index contributed by atoms with van der Waals surface area (Å²) < 4.78 is 0. The lowest BCUT2D eigenvalue weighted by Gasteiger charge is -2.43. The van der Waals surface area contributed by atoms with Crippen molar-refractivity contribution < 1.29 is 19.2 Å². The molecule has 0 spiro atoms. The monoisotopic (exact) mass is 626 g/mol. The minimum atomic E-state index is -1.31. The third-order valence-electron chi connectivity index (χ3n) is 9.49. The van der Waals surface area contributed by atoms with E-state index < -0.39 is 17.4 Å². The standard InChI is InChI=1S/C37H34N6O4/c1-22-7-9-23(10-8-22)13-14-40-34(46)19-42-21-43(36-31(42)18-39-20-41-36)37(2)30-12-11-26-25-5-3-4-6-27(25)32(44)17-28(26)29(30)15-24(35(37)47)16-33(38)45/h3-12,15,17-18,20,24H,13-14,16,19,21H2,1-2H3,(H2,38,45)(H,40,46). The number of anilines is 2. The molecule has 0 bridgehead atoms. The van der Waals surface area contributed by atoms with Crippen LogP contribution in [0.25, 0.3) is 23.3 Å². The molecule has 10 heteroatoms. The number of aromatic nitrogens is 2. The van der Waals surface area contributed by atoms with Crippen LogP contribution in [0.2, 0.25) is 0 Å². The Kier molecular flexibility index (Phi) is 7.43. The van der Waals surface area contributed by atoms with E-state index in [1.807, 2.05) is 54.0 Å². The van der Waals surface area contributed by atoms with Crippen LogP contribution in [0.3, 0.4) is 0 Å². The summed E-state index contributed by atoms with van der Waals surface area (Å²) in [5.74, 6) is -1.46. The Hall–Kier alpha value is -5.64. The van der Waals surface area contributed by atoms with Crippen LogP contribution in [0.1, 0.15) is 40.4 Å². The normalized spacial score (nSPS) is 19.1. The summed E-state index contributed by atoms with van der Waals surface area (Å²) in [5.41, 5.74) is 10.2. The zero-order valence-corrected chi connectivity index (χ0v) is 26.2. The van der Waals surface area contributed by atoms with Gasteiger partial charge in [-0.2, -0.15) is 0 Å². The molecule has 1 aliphatic heterocycles. The number of Topliss-reactive ketones (excluding diaryl/α,β-unsaturated/α-hetero) is 2. The molecule has 7 rings (SSSR count). The largest absolute Gasteiger partial charge is 0.370 e. The van der Waals surface area contributed by atoms with Crippen LogP contribution >= 0.6 is 0 Å². The quantitative estimate of drug-likeness (QED) is 0.304. The molecule has 2 amide bonds. The maximum atomic E-state index is 14.5. The summed E-state index contributed by atoms with van der Waals surface area (Å²) in [6.45, 7) is 4.54. The highest BCUT2D eigenvalue weighted by Crippen LogP contribution is 2.44. The molecular formula is C37H34N6O4. The number of hydrogen-bond donors (Lipinski definition) is 2. The highest BCUT2D eigenvalue weighted by molar-refractivity contribution is 6.22. The van der Waals surface area contributed by atoms with Gasteiger partial charge in [0.1, 0.15) is 17.6 Å².